The Morgan fingerprint density at radius 3 is 3.06 bits per heavy atom. The van der Waals surface area contributed by atoms with E-state index in [2.05, 4.69) is 21.8 Å². The van der Waals surface area contributed by atoms with Gasteiger partial charge in [0.15, 0.2) is 0 Å². The van der Waals surface area contributed by atoms with Crippen LogP contribution in [0.3, 0.4) is 0 Å². The summed E-state index contributed by atoms with van der Waals surface area (Å²) >= 11 is 0. The van der Waals surface area contributed by atoms with E-state index in [-0.39, 0.29) is 6.03 Å². The van der Waals surface area contributed by atoms with Crippen LogP contribution < -0.4 is 10.6 Å². The molecule has 0 spiro atoms. The van der Waals surface area contributed by atoms with Crippen LogP contribution in [0.1, 0.15) is 32.1 Å². The number of anilines is 1. The maximum absolute atomic E-state index is 11.6. The van der Waals surface area contributed by atoms with Crippen molar-refractivity contribution in [3.63, 3.8) is 0 Å². The first kappa shape index (κ1) is 12.7. The minimum Gasteiger partial charge on any atom is -0.338 e. The van der Waals surface area contributed by atoms with Gasteiger partial charge in [-0.05, 0) is 32.1 Å². The van der Waals surface area contributed by atoms with Crippen LogP contribution in [-0.2, 0) is 7.05 Å². The van der Waals surface area contributed by atoms with Gasteiger partial charge in [0.05, 0.1) is 11.9 Å². The van der Waals surface area contributed by atoms with Crippen molar-refractivity contribution in [1.29, 1.82) is 0 Å². The fourth-order valence-corrected chi connectivity index (χ4v) is 2.13. The second-order valence-electron chi connectivity index (χ2n) is 4.64. The Morgan fingerprint density at radius 2 is 2.39 bits per heavy atom. The Kier molecular flexibility index (Phi) is 4.39. The molecule has 0 atom stereocenters. The van der Waals surface area contributed by atoms with E-state index in [9.17, 15) is 4.79 Å². The molecule has 1 aromatic heterocycles. The molecular formula is C13H20N4O. The van der Waals surface area contributed by atoms with Gasteiger partial charge in [0.25, 0.3) is 0 Å². The molecule has 1 heterocycles. The Morgan fingerprint density at radius 1 is 1.50 bits per heavy atom. The molecule has 0 bridgehead atoms. The minimum atomic E-state index is -0.167. The molecule has 18 heavy (non-hydrogen) atoms. The minimum absolute atomic E-state index is 0.167. The molecule has 0 saturated heterocycles. The molecule has 5 nitrogen and oxygen atoms in total. The third kappa shape index (κ3) is 3.91. The molecule has 2 amide bonds. The fourth-order valence-electron chi connectivity index (χ4n) is 2.13. The number of carbonyl (C=O) groups is 1. The zero-order valence-electron chi connectivity index (χ0n) is 10.8. The van der Waals surface area contributed by atoms with Crippen molar-refractivity contribution in [3.8, 4) is 0 Å². The average Bonchev–Trinajstić information content (AvgIpc) is 2.76. The molecule has 0 fully saturated rings. The highest BCUT2D eigenvalue weighted by Gasteiger charge is 2.05. The van der Waals surface area contributed by atoms with Crippen molar-refractivity contribution in [2.45, 2.75) is 32.1 Å². The van der Waals surface area contributed by atoms with Gasteiger partial charge in [-0.3, -0.25) is 4.68 Å². The first-order valence-corrected chi connectivity index (χ1v) is 6.45. The normalized spacial score (nSPS) is 15.1. The smallest absolute Gasteiger partial charge is 0.319 e. The summed E-state index contributed by atoms with van der Waals surface area (Å²) in [7, 11) is 1.82. The predicted octanol–water partition coefficient (Wildman–Crippen LogP) is 2.43. The second kappa shape index (κ2) is 6.23. The molecule has 98 valence electrons. The fraction of sp³-hybridized carbons (Fsp3) is 0.538. The molecule has 0 aliphatic heterocycles. The summed E-state index contributed by atoms with van der Waals surface area (Å²) in [6.45, 7) is 0.692. The van der Waals surface area contributed by atoms with E-state index in [4.69, 9.17) is 0 Å². The summed E-state index contributed by atoms with van der Waals surface area (Å²) in [5, 5.41) is 9.60. The van der Waals surface area contributed by atoms with Gasteiger partial charge in [0.1, 0.15) is 0 Å². The largest absolute Gasteiger partial charge is 0.338 e. The number of nitrogens with one attached hydrogen (secondary N) is 2. The zero-order valence-corrected chi connectivity index (χ0v) is 10.8. The van der Waals surface area contributed by atoms with Gasteiger partial charge in [-0.25, -0.2) is 4.79 Å². The zero-order chi connectivity index (χ0) is 12.8. The number of nitrogens with zero attached hydrogens (tertiary/aromatic N) is 2. The van der Waals surface area contributed by atoms with Crippen LogP contribution in [0.15, 0.2) is 24.0 Å². The van der Waals surface area contributed by atoms with Gasteiger partial charge in [0.2, 0.25) is 0 Å². The van der Waals surface area contributed by atoms with Crippen LogP contribution in [-0.4, -0.2) is 22.4 Å². The lowest BCUT2D eigenvalue weighted by atomic mass is 9.97. The number of hydrogen-bond donors (Lipinski definition) is 2. The highest BCUT2D eigenvalue weighted by atomic mass is 16.2. The van der Waals surface area contributed by atoms with Gasteiger partial charge in [-0.1, -0.05) is 11.6 Å². The quantitative estimate of drug-likeness (QED) is 0.804. The average molecular weight is 248 g/mol. The molecule has 1 aliphatic rings. The third-order valence-corrected chi connectivity index (χ3v) is 3.08. The Bertz CT molecular complexity index is 436. The lowest BCUT2D eigenvalue weighted by Crippen LogP contribution is -2.29. The van der Waals surface area contributed by atoms with E-state index < -0.39 is 0 Å². The van der Waals surface area contributed by atoms with Crippen LogP contribution in [0.4, 0.5) is 10.5 Å². The predicted molar refractivity (Wildman–Crippen MR) is 71.4 cm³/mol. The van der Waals surface area contributed by atoms with Crippen molar-refractivity contribution in [1.82, 2.24) is 15.1 Å². The monoisotopic (exact) mass is 248 g/mol. The van der Waals surface area contributed by atoms with Crippen molar-refractivity contribution >= 4 is 11.7 Å². The van der Waals surface area contributed by atoms with Gasteiger partial charge >= 0.3 is 6.03 Å². The van der Waals surface area contributed by atoms with E-state index >= 15 is 0 Å². The molecule has 0 unspecified atom stereocenters. The first-order valence-electron chi connectivity index (χ1n) is 6.45. The van der Waals surface area contributed by atoms with Crippen LogP contribution >= 0.6 is 0 Å². The van der Waals surface area contributed by atoms with Gasteiger partial charge in [0, 0.05) is 19.8 Å². The van der Waals surface area contributed by atoms with Gasteiger partial charge in [-0.2, -0.15) is 5.10 Å². The molecule has 2 N–H and O–H groups in total. The van der Waals surface area contributed by atoms with Crippen molar-refractivity contribution < 1.29 is 4.79 Å². The molecule has 1 aromatic rings. The maximum Gasteiger partial charge on any atom is 0.319 e. The number of urea groups is 1. The molecule has 2 rings (SSSR count). The summed E-state index contributed by atoms with van der Waals surface area (Å²) in [6.07, 6.45) is 11.6. The van der Waals surface area contributed by atoms with E-state index in [1.807, 2.05) is 7.05 Å². The van der Waals surface area contributed by atoms with Crippen LogP contribution in [0.2, 0.25) is 0 Å². The summed E-state index contributed by atoms with van der Waals surface area (Å²) in [5.74, 6) is 0. The topological polar surface area (TPSA) is 59.0 Å². The summed E-state index contributed by atoms with van der Waals surface area (Å²) in [6, 6.07) is -0.167. The number of rotatable bonds is 4. The van der Waals surface area contributed by atoms with Crippen LogP contribution in [0.25, 0.3) is 0 Å². The molecule has 1 aliphatic carbocycles. The third-order valence-electron chi connectivity index (χ3n) is 3.08. The van der Waals surface area contributed by atoms with E-state index in [0.29, 0.717) is 12.2 Å². The first-order chi connectivity index (χ1) is 8.74. The SMILES string of the molecule is Cn1cc(NC(=O)NCCC2=CCCCC2)cn1. The van der Waals surface area contributed by atoms with E-state index in [1.54, 1.807) is 17.1 Å². The van der Waals surface area contributed by atoms with Crippen LogP contribution in [0.5, 0.6) is 0 Å². The highest BCUT2D eigenvalue weighted by molar-refractivity contribution is 5.88. The van der Waals surface area contributed by atoms with Gasteiger partial charge in [-0.15, -0.1) is 0 Å². The van der Waals surface area contributed by atoms with Crippen molar-refractivity contribution in [3.05, 3.63) is 24.0 Å². The molecule has 0 radical (unpaired) electrons. The van der Waals surface area contributed by atoms with Crippen LogP contribution in [0, 0.1) is 0 Å². The summed E-state index contributed by atoms with van der Waals surface area (Å²) in [4.78, 5) is 11.6. The molecule has 0 saturated carbocycles. The van der Waals surface area contributed by atoms with E-state index in [0.717, 1.165) is 6.42 Å². The lowest BCUT2D eigenvalue weighted by molar-refractivity contribution is 0.252. The Hall–Kier alpha value is -1.78. The summed E-state index contributed by atoms with van der Waals surface area (Å²) < 4.78 is 1.66. The lowest BCUT2D eigenvalue weighted by Gasteiger charge is -2.12. The number of hydrogen-bond acceptors (Lipinski definition) is 2. The number of aryl methyl sites for hydroxylation is 1. The van der Waals surface area contributed by atoms with Gasteiger partial charge < -0.3 is 10.6 Å². The summed E-state index contributed by atoms with van der Waals surface area (Å²) in [5.41, 5.74) is 2.19. The highest BCUT2D eigenvalue weighted by Crippen LogP contribution is 2.19. The number of aromatic nitrogens is 2. The molecule has 5 heteroatoms. The number of carbonyl (C=O) groups excluding carboxylic acids is 1. The Labute approximate surface area is 107 Å². The van der Waals surface area contributed by atoms with Crippen molar-refractivity contribution in [2.75, 3.05) is 11.9 Å². The number of allylic oxidation sites excluding steroid dienone is 1. The van der Waals surface area contributed by atoms with Crippen molar-refractivity contribution in [2.24, 2.45) is 7.05 Å². The molecule has 0 aromatic carbocycles. The van der Waals surface area contributed by atoms with E-state index in [1.165, 1.54) is 31.3 Å². The maximum atomic E-state index is 11.6. The standard InChI is InChI=1S/C13H20N4O/c1-17-10-12(9-15-17)16-13(18)14-8-7-11-5-3-2-4-6-11/h5,9-10H,2-4,6-8H2,1H3,(H2,14,16,18). The Balaban J connectivity index is 1.67. The molecular weight excluding hydrogens is 228 g/mol. The number of amides is 2. The second-order valence-corrected chi connectivity index (χ2v) is 4.64.